The Morgan fingerprint density at radius 2 is 1.59 bits per heavy atom. The molecule has 0 aliphatic heterocycles. The van der Waals surface area contributed by atoms with Crippen molar-refractivity contribution in [1.82, 2.24) is 10.6 Å². The van der Waals surface area contributed by atoms with Crippen molar-refractivity contribution in [3.05, 3.63) is 65.7 Å². The van der Waals surface area contributed by atoms with E-state index in [0.717, 1.165) is 16.8 Å². The van der Waals surface area contributed by atoms with Crippen molar-refractivity contribution in [3.8, 4) is 0 Å². The molecule has 1 unspecified atom stereocenters. The minimum atomic E-state index is -0.652. The zero-order valence-electron chi connectivity index (χ0n) is 12.6. The lowest BCUT2D eigenvalue weighted by Gasteiger charge is -2.19. The molecule has 0 radical (unpaired) electrons. The molecular formula is C17H19N3O2. The fourth-order valence-electron chi connectivity index (χ4n) is 2.01. The van der Waals surface area contributed by atoms with Gasteiger partial charge in [0.2, 0.25) is 0 Å². The Hall–Kier alpha value is -2.82. The van der Waals surface area contributed by atoms with Gasteiger partial charge < -0.3 is 10.6 Å². The fourth-order valence-corrected chi connectivity index (χ4v) is 2.01. The minimum Gasteiger partial charge on any atom is -0.370 e. The predicted octanol–water partition coefficient (Wildman–Crippen LogP) is 2.60. The van der Waals surface area contributed by atoms with Gasteiger partial charge in [-0.3, -0.25) is 10.1 Å². The standard InChI is InChI=1S/C17H19N3O2/c1-12-8-10-14(11-9-12)19-15(13-6-4-3-5-7-13)16(21)20-17(22)18-2/h3-11,15,19H,1-2H3,(H2,18,20,21,22). The number of carbonyl (C=O) groups is 2. The monoisotopic (exact) mass is 297 g/mol. The average molecular weight is 297 g/mol. The summed E-state index contributed by atoms with van der Waals surface area (Å²) in [5, 5.41) is 7.84. The first-order chi connectivity index (χ1) is 10.6. The predicted molar refractivity (Wildman–Crippen MR) is 86.6 cm³/mol. The van der Waals surface area contributed by atoms with Gasteiger partial charge in [-0.1, -0.05) is 48.0 Å². The van der Waals surface area contributed by atoms with Gasteiger partial charge in [0, 0.05) is 12.7 Å². The molecule has 3 N–H and O–H groups in total. The average Bonchev–Trinajstić information content (AvgIpc) is 2.54. The molecule has 0 saturated carbocycles. The quantitative estimate of drug-likeness (QED) is 0.812. The maximum atomic E-state index is 12.3. The summed E-state index contributed by atoms with van der Waals surface area (Å²) in [4.78, 5) is 23.7. The zero-order valence-corrected chi connectivity index (χ0v) is 12.6. The Bertz CT molecular complexity index is 639. The lowest BCUT2D eigenvalue weighted by atomic mass is 10.1. The van der Waals surface area contributed by atoms with E-state index in [1.54, 1.807) is 0 Å². The van der Waals surface area contributed by atoms with Crippen LogP contribution in [0.4, 0.5) is 10.5 Å². The van der Waals surface area contributed by atoms with Gasteiger partial charge in [-0.25, -0.2) is 4.79 Å². The minimum absolute atomic E-state index is 0.411. The van der Waals surface area contributed by atoms with Crippen LogP contribution in [0.1, 0.15) is 17.2 Å². The summed E-state index contributed by atoms with van der Waals surface area (Å²) in [5.74, 6) is -0.411. The molecule has 22 heavy (non-hydrogen) atoms. The van der Waals surface area contributed by atoms with Crippen molar-refractivity contribution in [2.45, 2.75) is 13.0 Å². The third kappa shape index (κ3) is 4.09. The summed E-state index contributed by atoms with van der Waals surface area (Å²) in [7, 11) is 1.47. The summed E-state index contributed by atoms with van der Waals surface area (Å²) < 4.78 is 0. The van der Waals surface area contributed by atoms with Crippen molar-refractivity contribution in [1.29, 1.82) is 0 Å². The molecular weight excluding hydrogens is 278 g/mol. The normalized spacial score (nSPS) is 11.4. The molecule has 0 bridgehead atoms. The summed E-state index contributed by atoms with van der Waals surface area (Å²) in [5.41, 5.74) is 2.73. The van der Waals surface area contributed by atoms with Crippen LogP contribution >= 0.6 is 0 Å². The van der Waals surface area contributed by atoms with Crippen LogP contribution in [0.3, 0.4) is 0 Å². The van der Waals surface area contributed by atoms with Crippen LogP contribution < -0.4 is 16.0 Å². The highest BCUT2D eigenvalue weighted by Gasteiger charge is 2.21. The molecule has 2 rings (SSSR count). The molecule has 1 atom stereocenters. The summed E-state index contributed by atoms with van der Waals surface area (Å²) >= 11 is 0. The van der Waals surface area contributed by atoms with Gasteiger partial charge in [0.15, 0.2) is 0 Å². The van der Waals surface area contributed by atoms with E-state index in [9.17, 15) is 9.59 Å². The van der Waals surface area contributed by atoms with Crippen molar-refractivity contribution in [2.75, 3.05) is 12.4 Å². The maximum Gasteiger partial charge on any atom is 0.321 e. The van der Waals surface area contributed by atoms with Crippen LogP contribution in [-0.4, -0.2) is 19.0 Å². The first-order valence-corrected chi connectivity index (χ1v) is 7.01. The lowest BCUT2D eigenvalue weighted by Crippen LogP contribution is -2.42. The Balaban J connectivity index is 2.23. The molecule has 5 heteroatoms. The fraction of sp³-hybridized carbons (Fsp3) is 0.176. The van der Waals surface area contributed by atoms with E-state index in [0.29, 0.717) is 0 Å². The van der Waals surface area contributed by atoms with Gasteiger partial charge in [-0.2, -0.15) is 0 Å². The molecule has 5 nitrogen and oxygen atoms in total. The van der Waals surface area contributed by atoms with E-state index in [1.807, 2.05) is 61.5 Å². The molecule has 3 amide bonds. The number of hydrogen-bond donors (Lipinski definition) is 3. The van der Waals surface area contributed by atoms with E-state index in [4.69, 9.17) is 0 Å². The first kappa shape index (κ1) is 15.6. The van der Waals surface area contributed by atoms with E-state index in [-0.39, 0.29) is 0 Å². The van der Waals surface area contributed by atoms with Crippen molar-refractivity contribution in [3.63, 3.8) is 0 Å². The molecule has 0 fully saturated rings. The van der Waals surface area contributed by atoms with E-state index < -0.39 is 18.0 Å². The molecule has 0 aromatic heterocycles. The molecule has 0 aliphatic rings. The Morgan fingerprint density at radius 1 is 0.955 bits per heavy atom. The number of carbonyl (C=O) groups excluding carboxylic acids is 2. The van der Waals surface area contributed by atoms with Crippen LogP contribution in [-0.2, 0) is 4.79 Å². The number of benzene rings is 2. The Labute approximate surface area is 129 Å². The number of imide groups is 1. The van der Waals surface area contributed by atoms with E-state index >= 15 is 0 Å². The van der Waals surface area contributed by atoms with Crippen LogP contribution in [0, 0.1) is 6.92 Å². The third-order valence-electron chi connectivity index (χ3n) is 3.22. The topological polar surface area (TPSA) is 70.2 Å². The van der Waals surface area contributed by atoms with Gasteiger partial charge in [-0.15, -0.1) is 0 Å². The SMILES string of the molecule is CNC(=O)NC(=O)C(Nc1ccc(C)cc1)c1ccccc1. The van der Waals surface area contributed by atoms with Gasteiger partial charge in [0.25, 0.3) is 5.91 Å². The highest BCUT2D eigenvalue weighted by Crippen LogP contribution is 2.20. The highest BCUT2D eigenvalue weighted by atomic mass is 16.2. The van der Waals surface area contributed by atoms with Gasteiger partial charge in [0.1, 0.15) is 6.04 Å². The summed E-state index contributed by atoms with van der Waals surface area (Å²) in [6.45, 7) is 2.00. The smallest absolute Gasteiger partial charge is 0.321 e. The third-order valence-corrected chi connectivity index (χ3v) is 3.22. The van der Waals surface area contributed by atoms with Crippen LogP contribution in [0.15, 0.2) is 54.6 Å². The lowest BCUT2D eigenvalue weighted by molar-refractivity contribution is -0.120. The van der Waals surface area contributed by atoms with Crippen molar-refractivity contribution < 1.29 is 9.59 Å². The molecule has 114 valence electrons. The van der Waals surface area contributed by atoms with Gasteiger partial charge >= 0.3 is 6.03 Å². The van der Waals surface area contributed by atoms with E-state index in [1.165, 1.54) is 7.05 Å². The van der Waals surface area contributed by atoms with Crippen molar-refractivity contribution >= 4 is 17.6 Å². The molecule has 0 aliphatic carbocycles. The molecule has 0 heterocycles. The number of hydrogen-bond acceptors (Lipinski definition) is 3. The Kier molecular flexibility index (Phi) is 5.14. The second kappa shape index (κ2) is 7.26. The van der Waals surface area contributed by atoms with Gasteiger partial charge in [-0.05, 0) is 24.6 Å². The number of anilines is 1. The number of urea groups is 1. The number of nitrogens with one attached hydrogen (secondary N) is 3. The van der Waals surface area contributed by atoms with Crippen LogP contribution in [0.25, 0.3) is 0 Å². The van der Waals surface area contributed by atoms with Crippen LogP contribution in [0.5, 0.6) is 0 Å². The number of rotatable bonds is 4. The highest BCUT2D eigenvalue weighted by molar-refractivity contribution is 5.98. The van der Waals surface area contributed by atoms with Crippen molar-refractivity contribution in [2.24, 2.45) is 0 Å². The van der Waals surface area contributed by atoms with E-state index in [2.05, 4.69) is 16.0 Å². The summed E-state index contributed by atoms with van der Waals surface area (Å²) in [6.07, 6.45) is 0. The summed E-state index contributed by atoms with van der Waals surface area (Å²) in [6, 6.07) is 15.8. The first-order valence-electron chi connectivity index (χ1n) is 7.01. The second-order valence-corrected chi connectivity index (χ2v) is 4.92. The Morgan fingerprint density at radius 3 is 2.18 bits per heavy atom. The largest absolute Gasteiger partial charge is 0.370 e. The molecule has 0 saturated heterocycles. The number of amides is 3. The zero-order chi connectivity index (χ0) is 15.9. The molecule has 0 spiro atoms. The molecule has 2 aromatic rings. The van der Waals surface area contributed by atoms with Crippen LogP contribution in [0.2, 0.25) is 0 Å². The molecule has 2 aromatic carbocycles. The van der Waals surface area contributed by atoms with Gasteiger partial charge in [0.05, 0.1) is 0 Å². The number of aryl methyl sites for hydroxylation is 1. The maximum absolute atomic E-state index is 12.3. The second-order valence-electron chi connectivity index (χ2n) is 4.92.